The summed E-state index contributed by atoms with van der Waals surface area (Å²) in [6.07, 6.45) is 18.6. The van der Waals surface area contributed by atoms with Crippen molar-refractivity contribution in [2.75, 3.05) is 43.8 Å². The molecular weight excluding hydrogens is 797 g/mol. The third kappa shape index (κ3) is 9.60. The number of nitrogen functional groups attached to an aromatic ring is 1. The second-order valence-corrected chi connectivity index (χ2v) is 18.3. The van der Waals surface area contributed by atoms with Crippen LogP contribution in [0.5, 0.6) is 0 Å². The Hall–Kier alpha value is -5.77. The monoisotopic (exact) mass is 856 g/mol. The minimum atomic E-state index is -0.361. The molecule has 4 N–H and O–H groups in total. The molecule has 1 aromatic carbocycles. The summed E-state index contributed by atoms with van der Waals surface area (Å²) >= 11 is 0. The number of unbranched alkanes of at least 4 members (excludes halogenated alkanes) is 4. The number of likely N-dealkylation sites (tertiary alicyclic amines) is 2. The van der Waals surface area contributed by atoms with Gasteiger partial charge in [0.05, 0.1) is 10.9 Å². The summed E-state index contributed by atoms with van der Waals surface area (Å²) in [5, 5.41) is 15.7. The normalized spacial score (nSPS) is 19.3. The largest absolute Gasteiger partial charge is 0.383 e. The first kappa shape index (κ1) is 42.5. The van der Waals surface area contributed by atoms with Gasteiger partial charge in [-0.2, -0.15) is 5.10 Å². The predicted molar refractivity (Wildman–Crippen MR) is 240 cm³/mol. The highest BCUT2D eigenvalue weighted by Crippen LogP contribution is 2.48. The van der Waals surface area contributed by atoms with Crippen LogP contribution in [0, 0.1) is 0 Å². The average Bonchev–Trinajstić information content (AvgIpc) is 3.92. The van der Waals surface area contributed by atoms with E-state index in [0.717, 1.165) is 107 Å². The van der Waals surface area contributed by atoms with E-state index in [9.17, 15) is 14.4 Å². The molecule has 0 unspecified atom stereocenters. The van der Waals surface area contributed by atoms with Gasteiger partial charge in [-0.1, -0.05) is 36.6 Å². The molecular formula is C47H60N12O4. The van der Waals surface area contributed by atoms with E-state index in [1.165, 1.54) is 31.2 Å². The molecule has 7 heterocycles. The summed E-state index contributed by atoms with van der Waals surface area (Å²) in [5.41, 5.74) is 12.3. The summed E-state index contributed by atoms with van der Waals surface area (Å²) in [7, 11) is 0. The van der Waals surface area contributed by atoms with Gasteiger partial charge < -0.3 is 25.4 Å². The van der Waals surface area contributed by atoms with Gasteiger partial charge in [-0.25, -0.2) is 24.6 Å². The smallest absolute Gasteiger partial charge is 0.249 e. The molecule has 9 rings (SSSR count). The molecule has 4 aromatic heterocycles. The van der Waals surface area contributed by atoms with Crippen LogP contribution in [0.15, 0.2) is 47.5 Å². The summed E-state index contributed by atoms with van der Waals surface area (Å²) in [6.45, 7) is 8.98. The fourth-order valence-electron chi connectivity index (χ4n) is 9.64. The highest BCUT2D eigenvalue weighted by molar-refractivity contribution is 6.01. The quantitative estimate of drug-likeness (QED) is 0.0669. The van der Waals surface area contributed by atoms with Crippen LogP contribution in [0.25, 0.3) is 33.8 Å². The molecule has 3 amide bonds. The van der Waals surface area contributed by atoms with E-state index in [1.807, 2.05) is 35.8 Å². The lowest BCUT2D eigenvalue weighted by Crippen LogP contribution is -2.47. The molecule has 4 fully saturated rings. The fraction of sp³-hybridized carbons (Fsp3) is 0.553. The van der Waals surface area contributed by atoms with Gasteiger partial charge in [-0.3, -0.25) is 19.7 Å². The molecule has 0 bridgehead atoms. The first-order valence-corrected chi connectivity index (χ1v) is 23.2. The summed E-state index contributed by atoms with van der Waals surface area (Å²) < 4.78 is 7.80. The van der Waals surface area contributed by atoms with Crippen LogP contribution in [-0.4, -0.2) is 101 Å². The van der Waals surface area contributed by atoms with Crippen molar-refractivity contribution in [1.82, 2.24) is 50.0 Å². The summed E-state index contributed by atoms with van der Waals surface area (Å²) in [5.74, 6) is 2.63. The van der Waals surface area contributed by atoms with Gasteiger partial charge >= 0.3 is 0 Å². The van der Waals surface area contributed by atoms with Gasteiger partial charge in [-0.05, 0) is 126 Å². The number of nitrogens with one attached hydrogen (secondary N) is 2. The number of hydrogen-bond acceptors (Lipinski definition) is 13. The van der Waals surface area contributed by atoms with Crippen LogP contribution in [0.3, 0.4) is 0 Å². The van der Waals surface area contributed by atoms with Crippen LogP contribution < -0.4 is 16.4 Å². The van der Waals surface area contributed by atoms with Crippen molar-refractivity contribution >= 4 is 40.3 Å². The third-order valence-electron chi connectivity index (χ3n) is 13.5. The second kappa shape index (κ2) is 18.9. The SMILES string of the molecule is CC(C)n1nc(-c2noc(C3CC3)c2-c2ncc(C3CCN(C(=O)CCCCCCCN4CCC(c5ccc(N[C@H]6CCC(=O)NC6=O)cc5)CC4)CC3)cn2)c2c(N)ncnc21. The van der Waals surface area contributed by atoms with Gasteiger partial charge in [0.1, 0.15) is 29.6 Å². The molecule has 16 nitrogen and oxygen atoms in total. The van der Waals surface area contributed by atoms with Crippen molar-refractivity contribution in [2.45, 2.75) is 134 Å². The second-order valence-electron chi connectivity index (χ2n) is 18.3. The van der Waals surface area contributed by atoms with Gasteiger partial charge in [-0.15, -0.1) is 0 Å². The zero-order chi connectivity index (χ0) is 43.5. The highest BCUT2D eigenvalue weighted by Gasteiger charge is 2.36. The van der Waals surface area contributed by atoms with Crippen molar-refractivity contribution < 1.29 is 18.9 Å². The van der Waals surface area contributed by atoms with E-state index in [2.05, 4.69) is 54.9 Å². The van der Waals surface area contributed by atoms with E-state index in [4.69, 9.17) is 25.3 Å². The standard InChI is InChI=1S/C47H60N12O4/c1-29(2)59-46-40(44(48)51-28-52-46)41(55-59)42-39(43(63-56-42)33-9-10-33)45-49-26-34(27-50-45)32-19-24-58(25-20-32)38(61)8-6-4-3-5-7-21-57-22-17-31(18-23-57)30-11-13-35(14-12-30)53-36-15-16-37(60)54-47(36)62/h11-14,26-29,31-33,36,53H,3-10,15-25H2,1-2H3,(H2,48,51,52)(H,54,60,62)/t36-/m0/s1. The Kier molecular flexibility index (Phi) is 12.8. The number of imide groups is 1. The number of nitrogens with zero attached hydrogens (tertiary/aromatic N) is 9. The Morgan fingerprint density at radius 3 is 2.24 bits per heavy atom. The number of aromatic nitrogens is 7. The first-order valence-electron chi connectivity index (χ1n) is 23.2. The van der Waals surface area contributed by atoms with Crippen LogP contribution >= 0.6 is 0 Å². The molecule has 16 heteroatoms. The number of anilines is 2. The van der Waals surface area contributed by atoms with Crippen molar-refractivity contribution in [3.8, 4) is 22.8 Å². The van der Waals surface area contributed by atoms with E-state index >= 15 is 0 Å². The van der Waals surface area contributed by atoms with Gasteiger partial charge in [0.15, 0.2) is 17.2 Å². The Balaban J connectivity index is 0.680. The zero-order valence-electron chi connectivity index (χ0n) is 36.6. The number of carbonyl (C=O) groups is 3. The Labute approximate surface area is 368 Å². The lowest BCUT2D eigenvalue weighted by Gasteiger charge is -2.32. The number of amides is 3. The van der Waals surface area contributed by atoms with E-state index < -0.39 is 0 Å². The van der Waals surface area contributed by atoms with E-state index in [-0.39, 0.29) is 35.7 Å². The van der Waals surface area contributed by atoms with Crippen LogP contribution in [0.1, 0.15) is 144 Å². The molecule has 1 saturated carbocycles. The molecule has 1 atom stereocenters. The minimum Gasteiger partial charge on any atom is -0.383 e. The maximum atomic E-state index is 13.2. The minimum absolute atomic E-state index is 0.0487. The number of hydrogen-bond donors (Lipinski definition) is 3. The maximum absolute atomic E-state index is 13.2. The number of nitrogens with two attached hydrogens (primary N) is 1. The average molecular weight is 857 g/mol. The Bertz CT molecular complexity index is 2390. The zero-order valence-corrected chi connectivity index (χ0v) is 36.6. The van der Waals surface area contributed by atoms with E-state index in [0.29, 0.717) is 65.2 Å². The van der Waals surface area contributed by atoms with Crippen molar-refractivity contribution in [1.29, 1.82) is 0 Å². The van der Waals surface area contributed by atoms with Crippen LogP contribution in [0.4, 0.5) is 11.5 Å². The molecule has 4 aliphatic rings. The Morgan fingerprint density at radius 1 is 0.825 bits per heavy atom. The van der Waals surface area contributed by atoms with Gasteiger partial charge in [0.25, 0.3) is 0 Å². The molecule has 5 aromatic rings. The summed E-state index contributed by atoms with van der Waals surface area (Å²) in [6, 6.07) is 8.16. The molecule has 0 radical (unpaired) electrons. The highest BCUT2D eigenvalue weighted by atomic mass is 16.5. The Morgan fingerprint density at radius 2 is 1.52 bits per heavy atom. The van der Waals surface area contributed by atoms with Gasteiger partial charge in [0.2, 0.25) is 17.7 Å². The first-order chi connectivity index (χ1) is 30.7. The number of rotatable bonds is 16. The molecule has 0 spiro atoms. The maximum Gasteiger partial charge on any atom is 0.249 e. The lowest BCUT2D eigenvalue weighted by molar-refractivity contribution is -0.134. The summed E-state index contributed by atoms with van der Waals surface area (Å²) in [4.78, 5) is 59.8. The topological polar surface area (TPSA) is 203 Å². The van der Waals surface area contributed by atoms with E-state index in [1.54, 1.807) is 0 Å². The number of piperidine rings is 3. The van der Waals surface area contributed by atoms with Crippen molar-refractivity contribution in [3.05, 3.63) is 59.9 Å². The number of carbonyl (C=O) groups excluding carboxylic acids is 3. The number of fused-ring (bicyclic) bond motifs is 1. The van der Waals surface area contributed by atoms with Crippen LogP contribution in [0.2, 0.25) is 0 Å². The lowest BCUT2D eigenvalue weighted by atomic mass is 9.89. The fourth-order valence-corrected chi connectivity index (χ4v) is 9.64. The van der Waals surface area contributed by atoms with Crippen LogP contribution in [-0.2, 0) is 14.4 Å². The molecule has 3 aliphatic heterocycles. The predicted octanol–water partition coefficient (Wildman–Crippen LogP) is 7.12. The molecule has 3 saturated heterocycles. The van der Waals surface area contributed by atoms with Crippen molar-refractivity contribution in [2.24, 2.45) is 0 Å². The third-order valence-corrected chi connectivity index (χ3v) is 13.5. The van der Waals surface area contributed by atoms with Crippen molar-refractivity contribution in [3.63, 3.8) is 0 Å². The number of benzene rings is 1. The molecule has 1 aliphatic carbocycles. The molecule has 332 valence electrons. The van der Waals surface area contributed by atoms with Gasteiger partial charge in [0, 0.05) is 56.0 Å². The molecule has 63 heavy (non-hydrogen) atoms.